The van der Waals surface area contributed by atoms with Gasteiger partial charge in [-0.05, 0) is 24.3 Å². The topological polar surface area (TPSA) is 98.0 Å². The number of nitrogens with zero attached hydrogens (tertiary/aromatic N) is 2. The second-order valence-corrected chi connectivity index (χ2v) is 5.56. The Hall–Kier alpha value is -1.80. The summed E-state index contributed by atoms with van der Waals surface area (Å²) in [5.74, 6) is 0.00930. The molecule has 1 heterocycles. The molecule has 0 unspecified atom stereocenters. The maximum atomic E-state index is 12.0. The summed E-state index contributed by atoms with van der Waals surface area (Å²) in [4.78, 5) is 8.01. The van der Waals surface area contributed by atoms with Crippen LogP contribution in [-0.4, -0.2) is 18.4 Å². The van der Waals surface area contributed by atoms with Gasteiger partial charge in [0, 0.05) is 23.0 Å². The van der Waals surface area contributed by atoms with E-state index in [1.165, 1.54) is 30.6 Å². The number of sulfonamides is 1. The predicted molar refractivity (Wildman–Crippen MR) is 70.9 cm³/mol. The number of nitrogen functional groups attached to an aromatic ring is 1. The number of anilines is 2. The molecule has 0 atom stereocenters. The molecule has 0 fully saturated rings. The molecule has 8 heteroatoms. The van der Waals surface area contributed by atoms with Crippen molar-refractivity contribution in [3.05, 3.63) is 36.7 Å². The van der Waals surface area contributed by atoms with E-state index in [2.05, 4.69) is 27.3 Å². The summed E-state index contributed by atoms with van der Waals surface area (Å²) >= 11 is 4.08. The van der Waals surface area contributed by atoms with E-state index < -0.39 is 10.0 Å². The van der Waals surface area contributed by atoms with Crippen molar-refractivity contribution in [3.63, 3.8) is 0 Å². The Labute approximate surface area is 110 Å². The van der Waals surface area contributed by atoms with Gasteiger partial charge >= 0.3 is 0 Å². The number of hydrogen-bond acceptors (Lipinski definition) is 6. The molecule has 2 rings (SSSR count). The third-order valence-electron chi connectivity index (χ3n) is 2.10. The van der Waals surface area contributed by atoms with Crippen LogP contribution in [0.2, 0.25) is 0 Å². The molecule has 18 heavy (non-hydrogen) atoms. The number of rotatable bonds is 3. The highest BCUT2D eigenvalue weighted by Crippen LogP contribution is 2.21. The molecule has 0 aliphatic rings. The first-order valence-electron chi connectivity index (χ1n) is 4.87. The largest absolute Gasteiger partial charge is 0.398 e. The van der Waals surface area contributed by atoms with E-state index in [-0.39, 0.29) is 10.8 Å². The van der Waals surface area contributed by atoms with Crippen molar-refractivity contribution in [1.82, 2.24) is 9.97 Å². The monoisotopic (exact) mass is 282 g/mol. The number of hydrogen-bond donors (Lipinski definition) is 3. The SMILES string of the molecule is Nc1ccc(S(=O)(=O)Nc2ncccn2)cc1S. The van der Waals surface area contributed by atoms with Crippen LogP contribution >= 0.6 is 12.6 Å². The van der Waals surface area contributed by atoms with Crippen molar-refractivity contribution >= 4 is 34.3 Å². The van der Waals surface area contributed by atoms with E-state index in [4.69, 9.17) is 5.73 Å². The Morgan fingerprint density at radius 3 is 2.50 bits per heavy atom. The minimum absolute atomic E-state index is 0.00930. The summed E-state index contributed by atoms with van der Waals surface area (Å²) in [6.07, 6.45) is 2.88. The molecule has 0 radical (unpaired) electrons. The average Bonchev–Trinajstić information content (AvgIpc) is 2.33. The van der Waals surface area contributed by atoms with Crippen LogP contribution in [0.3, 0.4) is 0 Å². The lowest BCUT2D eigenvalue weighted by Gasteiger charge is -2.07. The maximum Gasteiger partial charge on any atom is 0.264 e. The quantitative estimate of drug-likeness (QED) is 0.579. The molecule has 2 aromatic rings. The van der Waals surface area contributed by atoms with Gasteiger partial charge in [0.2, 0.25) is 5.95 Å². The number of benzene rings is 1. The Bertz CT molecular complexity index is 659. The van der Waals surface area contributed by atoms with Crippen molar-refractivity contribution in [1.29, 1.82) is 0 Å². The Kier molecular flexibility index (Phi) is 3.39. The lowest BCUT2D eigenvalue weighted by Crippen LogP contribution is -2.15. The first-order valence-corrected chi connectivity index (χ1v) is 6.80. The van der Waals surface area contributed by atoms with Gasteiger partial charge in [-0.15, -0.1) is 12.6 Å². The molecule has 0 spiro atoms. The van der Waals surface area contributed by atoms with Crippen LogP contribution in [-0.2, 0) is 10.0 Å². The fraction of sp³-hybridized carbons (Fsp3) is 0. The lowest BCUT2D eigenvalue weighted by molar-refractivity contribution is 0.600. The molecule has 1 aromatic carbocycles. The zero-order chi connectivity index (χ0) is 13.2. The number of nitrogens with one attached hydrogen (secondary N) is 1. The van der Waals surface area contributed by atoms with Gasteiger partial charge in [0.25, 0.3) is 10.0 Å². The highest BCUT2D eigenvalue weighted by Gasteiger charge is 2.16. The number of nitrogens with two attached hydrogens (primary N) is 1. The summed E-state index contributed by atoms with van der Waals surface area (Å²) in [6.45, 7) is 0. The number of thiol groups is 1. The molecule has 0 aliphatic heterocycles. The molecule has 0 saturated heterocycles. The average molecular weight is 282 g/mol. The Balaban J connectivity index is 2.34. The fourth-order valence-electron chi connectivity index (χ4n) is 1.22. The summed E-state index contributed by atoms with van der Waals surface area (Å²) < 4.78 is 26.3. The van der Waals surface area contributed by atoms with Gasteiger partial charge in [-0.3, -0.25) is 0 Å². The van der Waals surface area contributed by atoms with E-state index in [1.54, 1.807) is 6.07 Å². The van der Waals surface area contributed by atoms with Crippen molar-refractivity contribution < 1.29 is 8.42 Å². The zero-order valence-corrected chi connectivity index (χ0v) is 10.8. The summed E-state index contributed by atoms with van der Waals surface area (Å²) in [5, 5.41) is 0. The third kappa shape index (κ3) is 2.71. The summed E-state index contributed by atoms with van der Waals surface area (Å²) in [6, 6.07) is 5.82. The van der Waals surface area contributed by atoms with Gasteiger partial charge in [0.05, 0.1) is 4.90 Å². The fourth-order valence-corrected chi connectivity index (χ4v) is 2.51. The predicted octanol–water partition coefficient (Wildman–Crippen LogP) is 1.15. The highest BCUT2D eigenvalue weighted by molar-refractivity contribution is 7.92. The molecule has 0 aliphatic carbocycles. The molecule has 0 saturated carbocycles. The molecule has 0 bridgehead atoms. The van der Waals surface area contributed by atoms with Gasteiger partial charge in [-0.1, -0.05) is 0 Å². The molecule has 94 valence electrons. The van der Waals surface area contributed by atoms with Gasteiger partial charge < -0.3 is 5.73 Å². The Morgan fingerprint density at radius 1 is 1.22 bits per heavy atom. The van der Waals surface area contributed by atoms with Gasteiger partial charge in [0.15, 0.2) is 0 Å². The van der Waals surface area contributed by atoms with Crippen molar-refractivity contribution in [2.45, 2.75) is 9.79 Å². The highest BCUT2D eigenvalue weighted by atomic mass is 32.2. The maximum absolute atomic E-state index is 12.0. The van der Waals surface area contributed by atoms with E-state index in [1.807, 2.05) is 0 Å². The smallest absolute Gasteiger partial charge is 0.264 e. The van der Waals surface area contributed by atoms with Crippen LogP contribution in [0, 0.1) is 0 Å². The van der Waals surface area contributed by atoms with Crippen LogP contribution in [0.25, 0.3) is 0 Å². The normalized spacial score (nSPS) is 11.2. The van der Waals surface area contributed by atoms with Crippen LogP contribution in [0.15, 0.2) is 46.5 Å². The van der Waals surface area contributed by atoms with Gasteiger partial charge in [0.1, 0.15) is 0 Å². The minimum Gasteiger partial charge on any atom is -0.398 e. The molecule has 1 aromatic heterocycles. The van der Waals surface area contributed by atoms with Crippen molar-refractivity contribution in [2.24, 2.45) is 0 Å². The van der Waals surface area contributed by atoms with Crippen LogP contribution < -0.4 is 10.5 Å². The molecular formula is C10H10N4O2S2. The van der Waals surface area contributed by atoms with Crippen molar-refractivity contribution in [2.75, 3.05) is 10.5 Å². The summed E-state index contributed by atoms with van der Waals surface area (Å²) in [7, 11) is -3.73. The van der Waals surface area contributed by atoms with Gasteiger partial charge in [-0.2, -0.15) is 0 Å². The minimum atomic E-state index is -3.73. The molecule has 3 N–H and O–H groups in total. The Morgan fingerprint density at radius 2 is 1.89 bits per heavy atom. The van der Waals surface area contributed by atoms with Crippen molar-refractivity contribution in [3.8, 4) is 0 Å². The molecule has 0 amide bonds. The van der Waals surface area contributed by atoms with Gasteiger partial charge in [-0.25, -0.2) is 23.1 Å². The third-order valence-corrected chi connectivity index (χ3v) is 3.82. The standard InChI is InChI=1S/C10H10N4O2S2/c11-8-3-2-7(6-9(8)17)18(15,16)14-10-12-4-1-5-13-10/h1-6,17H,11H2,(H,12,13,14). The van der Waals surface area contributed by atoms with E-state index in [9.17, 15) is 8.42 Å². The van der Waals surface area contributed by atoms with E-state index >= 15 is 0 Å². The van der Waals surface area contributed by atoms with E-state index in [0.717, 1.165) is 0 Å². The second-order valence-electron chi connectivity index (χ2n) is 3.40. The summed E-state index contributed by atoms with van der Waals surface area (Å²) in [5.41, 5.74) is 5.98. The first-order chi connectivity index (χ1) is 8.49. The second kappa shape index (κ2) is 4.83. The first kappa shape index (κ1) is 12.7. The lowest BCUT2D eigenvalue weighted by atomic mass is 10.3. The van der Waals surface area contributed by atoms with Crippen LogP contribution in [0.1, 0.15) is 0 Å². The molecular weight excluding hydrogens is 272 g/mol. The van der Waals surface area contributed by atoms with Crippen LogP contribution in [0.4, 0.5) is 11.6 Å². The molecule has 6 nitrogen and oxygen atoms in total. The van der Waals surface area contributed by atoms with E-state index in [0.29, 0.717) is 10.6 Å². The number of aromatic nitrogens is 2. The van der Waals surface area contributed by atoms with Crippen LogP contribution in [0.5, 0.6) is 0 Å². The zero-order valence-electron chi connectivity index (χ0n) is 9.11.